The standard InChI is InChI=1S/C25H27Cl2N5O/c1-2-30-25(24(28)33)12-14-32(15-13-25)21-16-29-22(17-8-10-18(26)11-9-17)23(31-21)19-6-4-3-5-7-20(19)27/h3-5,7-11,16,30H,2,6,12-15H2,1H3,(H2,28,33). The third-order valence-electron chi connectivity index (χ3n) is 6.19. The minimum atomic E-state index is -0.673. The molecule has 6 nitrogen and oxygen atoms in total. The lowest BCUT2D eigenvalue weighted by Crippen LogP contribution is -2.61. The van der Waals surface area contributed by atoms with Gasteiger partial charge in [-0.15, -0.1) is 0 Å². The number of primary amides is 1. The van der Waals surface area contributed by atoms with E-state index in [0.717, 1.165) is 28.3 Å². The molecule has 1 aliphatic heterocycles. The second kappa shape index (κ2) is 10.1. The molecule has 2 heterocycles. The molecule has 4 rings (SSSR count). The molecule has 1 fully saturated rings. The Morgan fingerprint density at radius 3 is 2.55 bits per heavy atom. The molecule has 33 heavy (non-hydrogen) atoms. The highest BCUT2D eigenvalue weighted by Crippen LogP contribution is 2.35. The van der Waals surface area contributed by atoms with Crippen molar-refractivity contribution < 1.29 is 4.79 Å². The van der Waals surface area contributed by atoms with Crippen LogP contribution in [0.25, 0.3) is 16.8 Å². The molecule has 0 saturated carbocycles. The molecule has 1 aromatic carbocycles. The maximum absolute atomic E-state index is 12.1. The van der Waals surface area contributed by atoms with Gasteiger partial charge in [0.25, 0.3) is 0 Å². The zero-order valence-electron chi connectivity index (χ0n) is 18.5. The van der Waals surface area contributed by atoms with Gasteiger partial charge in [-0.1, -0.05) is 60.5 Å². The molecule has 3 N–H and O–H groups in total. The van der Waals surface area contributed by atoms with Crippen molar-refractivity contribution in [3.8, 4) is 11.3 Å². The van der Waals surface area contributed by atoms with Crippen LogP contribution < -0.4 is 16.0 Å². The molecule has 172 valence electrons. The van der Waals surface area contributed by atoms with E-state index in [1.807, 2.05) is 49.4 Å². The van der Waals surface area contributed by atoms with E-state index in [1.165, 1.54) is 0 Å². The van der Waals surface area contributed by atoms with Crippen LogP contribution in [0.2, 0.25) is 5.02 Å². The first kappa shape index (κ1) is 23.5. The van der Waals surface area contributed by atoms with Gasteiger partial charge < -0.3 is 16.0 Å². The third-order valence-corrected chi connectivity index (χ3v) is 6.80. The van der Waals surface area contributed by atoms with Gasteiger partial charge in [0, 0.05) is 34.3 Å². The number of rotatable bonds is 6. The summed E-state index contributed by atoms with van der Waals surface area (Å²) in [5.74, 6) is 0.453. The molecular formula is C25H27Cl2N5O. The van der Waals surface area contributed by atoms with Gasteiger partial charge in [-0.05, 0) is 44.0 Å². The topological polar surface area (TPSA) is 84.1 Å². The van der Waals surface area contributed by atoms with Crippen LogP contribution >= 0.6 is 23.2 Å². The van der Waals surface area contributed by atoms with Crippen molar-refractivity contribution in [2.24, 2.45) is 5.73 Å². The number of carbonyl (C=O) groups is 1. The number of likely N-dealkylation sites (N-methyl/N-ethyl adjacent to an activating group) is 1. The maximum atomic E-state index is 12.1. The van der Waals surface area contributed by atoms with E-state index in [0.29, 0.717) is 49.0 Å². The molecule has 2 aromatic rings. The number of carbonyl (C=O) groups excluding carboxylic acids is 1. The summed E-state index contributed by atoms with van der Waals surface area (Å²) in [5, 5.41) is 4.59. The Kier molecular flexibility index (Phi) is 7.17. The van der Waals surface area contributed by atoms with Crippen molar-refractivity contribution in [2.45, 2.75) is 31.7 Å². The van der Waals surface area contributed by atoms with Crippen molar-refractivity contribution in [3.05, 3.63) is 70.5 Å². The monoisotopic (exact) mass is 483 g/mol. The third kappa shape index (κ3) is 4.98. The van der Waals surface area contributed by atoms with Crippen LogP contribution in [-0.2, 0) is 4.79 Å². The van der Waals surface area contributed by atoms with Crippen molar-refractivity contribution in [2.75, 3.05) is 24.5 Å². The maximum Gasteiger partial charge on any atom is 0.237 e. The summed E-state index contributed by atoms with van der Waals surface area (Å²) in [4.78, 5) is 24.1. The molecule has 1 aromatic heterocycles. The Hall–Kier alpha value is -2.67. The molecule has 0 atom stereocenters. The lowest BCUT2D eigenvalue weighted by Gasteiger charge is -2.40. The molecule has 8 heteroatoms. The van der Waals surface area contributed by atoms with Crippen LogP contribution in [0.1, 0.15) is 31.9 Å². The summed E-state index contributed by atoms with van der Waals surface area (Å²) in [5.41, 5.74) is 8.38. The highest BCUT2D eigenvalue weighted by Gasteiger charge is 2.39. The quantitative estimate of drug-likeness (QED) is 0.621. The van der Waals surface area contributed by atoms with Gasteiger partial charge in [-0.3, -0.25) is 9.78 Å². The fraction of sp³-hybridized carbons (Fsp3) is 0.320. The number of amides is 1. The summed E-state index contributed by atoms with van der Waals surface area (Å²) in [7, 11) is 0. The summed E-state index contributed by atoms with van der Waals surface area (Å²) in [6.07, 6.45) is 11.5. The van der Waals surface area contributed by atoms with Crippen LogP contribution in [0, 0.1) is 0 Å². The largest absolute Gasteiger partial charge is 0.368 e. The van der Waals surface area contributed by atoms with Crippen molar-refractivity contribution in [3.63, 3.8) is 0 Å². The molecule has 0 bridgehead atoms. The van der Waals surface area contributed by atoms with Gasteiger partial charge in [0.05, 0.1) is 17.6 Å². The number of nitrogens with zero attached hydrogens (tertiary/aromatic N) is 3. The van der Waals surface area contributed by atoms with Crippen LogP contribution in [0.3, 0.4) is 0 Å². The van der Waals surface area contributed by atoms with Gasteiger partial charge in [-0.25, -0.2) is 4.98 Å². The molecule has 0 spiro atoms. The molecular weight excluding hydrogens is 457 g/mol. The second-order valence-corrected chi connectivity index (χ2v) is 9.06. The summed E-state index contributed by atoms with van der Waals surface area (Å²) < 4.78 is 0. The minimum absolute atomic E-state index is 0.303. The van der Waals surface area contributed by atoms with Gasteiger partial charge in [0.15, 0.2) is 0 Å². The predicted octanol–water partition coefficient (Wildman–Crippen LogP) is 4.70. The average molecular weight is 484 g/mol. The average Bonchev–Trinajstić information content (AvgIpc) is 3.04. The number of nitrogens with one attached hydrogen (secondary N) is 1. The van der Waals surface area contributed by atoms with Crippen LogP contribution in [0.4, 0.5) is 5.82 Å². The molecule has 1 aliphatic carbocycles. The number of halogens is 2. The van der Waals surface area contributed by atoms with Gasteiger partial charge in [-0.2, -0.15) is 0 Å². The van der Waals surface area contributed by atoms with Crippen molar-refractivity contribution >= 4 is 40.5 Å². The number of anilines is 1. The Balaban J connectivity index is 1.72. The predicted molar refractivity (Wildman–Crippen MR) is 135 cm³/mol. The lowest BCUT2D eigenvalue weighted by molar-refractivity contribution is -0.125. The lowest BCUT2D eigenvalue weighted by atomic mass is 9.86. The van der Waals surface area contributed by atoms with Crippen LogP contribution in [0.15, 0.2) is 59.8 Å². The Labute approximate surface area is 204 Å². The number of nitrogens with two attached hydrogens (primary N) is 1. The van der Waals surface area contributed by atoms with E-state index in [1.54, 1.807) is 6.20 Å². The number of hydrogen-bond donors (Lipinski definition) is 2. The highest BCUT2D eigenvalue weighted by molar-refractivity contribution is 6.34. The van der Waals surface area contributed by atoms with E-state index in [9.17, 15) is 4.79 Å². The number of piperidine rings is 1. The summed E-state index contributed by atoms with van der Waals surface area (Å²) in [6.45, 7) is 3.97. The zero-order valence-corrected chi connectivity index (χ0v) is 20.0. The van der Waals surface area contributed by atoms with Crippen molar-refractivity contribution in [1.29, 1.82) is 0 Å². The smallest absolute Gasteiger partial charge is 0.237 e. The van der Waals surface area contributed by atoms with Crippen LogP contribution in [0.5, 0.6) is 0 Å². The highest BCUT2D eigenvalue weighted by atomic mass is 35.5. The van der Waals surface area contributed by atoms with Crippen molar-refractivity contribution in [1.82, 2.24) is 15.3 Å². The SMILES string of the molecule is CCNC1(C(N)=O)CCN(c2cnc(-c3ccc(Cl)cc3)c(C3=C(Cl)C=CC=CC3)n2)CC1. The first-order chi connectivity index (χ1) is 15.9. The van der Waals surface area contributed by atoms with Crippen LogP contribution in [-0.4, -0.2) is 41.0 Å². The summed E-state index contributed by atoms with van der Waals surface area (Å²) in [6, 6.07) is 7.55. The fourth-order valence-electron chi connectivity index (χ4n) is 4.34. The molecule has 0 unspecified atom stereocenters. The molecule has 1 amide bonds. The van der Waals surface area contributed by atoms with Gasteiger partial charge in [0.2, 0.25) is 5.91 Å². The molecule has 1 saturated heterocycles. The Bertz CT molecular complexity index is 1120. The first-order valence-electron chi connectivity index (χ1n) is 11.1. The van der Waals surface area contributed by atoms with E-state index >= 15 is 0 Å². The van der Waals surface area contributed by atoms with E-state index < -0.39 is 5.54 Å². The Morgan fingerprint density at radius 2 is 1.88 bits per heavy atom. The minimum Gasteiger partial charge on any atom is -0.368 e. The van der Waals surface area contributed by atoms with E-state index in [2.05, 4.69) is 16.3 Å². The Morgan fingerprint density at radius 1 is 1.15 bits per heavy atom. The summed E-state index contributed by atoms with van der Waals surface area (Å²) >= 11 is 12.7. The normalized spacial score (nSPS) is 17.8. The van der Waals surface area contributed by atoms with E-state index in [4.69, 9.17) is 38.9 Å². The first-order valence-corrected chi connectivity index (χ1v) is 11.8. The molecule has 2 aliphatic rings. The number of allylic oxidation sites excluding steroid dienone is 6. The number of benzene rings is 1. The van der Waals surface area contributed by atoms with Gasteiger partial charge >= 0.3 is 0 Å². The van der Waals surface area contributed by atoms with E-state index in [-0.39, 0.29) is 5.91 Å². The zero-order chi connectivity index (χ0) is 23.4. The number of aromatic nitrogens is 2. The molecule has 0 radical (unpaired) electrons. The van der Waals surface area contributed by atoms with Gasteiger partial charge in [0.1, 0.15) is 11.4 Å². The fourth-order valence-corrected chi connectivity index (χ4v) is 4.71. The number of hydrogen-bond acceptors (Lipinski definition) is 5. The second-order valence-electron chi connectivity index (χ2n) is 8.21.